The Morgan fingerprint density at radius 2 is 1.87 bits per heavy atom. The Labute approximate surface area is 135 Å². The summed E-state index contributed by atoms with van der Waals surface area (Å²) < 4.78 is 54.4. The van der Waals surface area contributed by atoms with E-state index < -0.39 is 26.6 Å². The average Bonchev–Trinajstić information content (AvgIpc) is 2.46. The number of nitrogens with one attached hydrogen (secondary N) is 1. The number of benzene rings is 2. The van der Waals surface area contributed by atoms with E-state index in [1.54, 1.807) is 12.1 Å². The lowest BCUT2D eigenvalue weighted by atomic mass is 10.2. The van der Waals surface area contributed by atoms with Crippen molar-refractivity contribution in [3.05, 3.63) is 65.3 Å². The summed E-state index contributed by atoms with van der Waals surface area (Å²) in [6, 6.07) is 8.57. The van der Waals surface area contributed by atoms with Crippen LogP contribution in [0.15, 0.2) is 53.6 Å². The van der Waals surface area contributed by atoms with Crippen LogP contribution in [0.25, 0.3) is 10.9 Å². The molecule has 0 aliphatic heterocycles. The maximum Gasteiger partial charge on any atom is 0.264 e. The molecule has 0 unspecified atom stereocenters. The van der Waals surface area contributed by atoms with E-state index in [1.807, 2.05) is 0 Å². The predicted octanol–water partition coefficient (Wildman–Crippen LogP) is 3.97. The second-order valence-electron chi connectivity index (χ2n) is 4.71. The smallest absolute Gasteiger partial charge is 0.264 e. The van der Waals surface area contributed by atoms with Gasteiger partial charge in [0, 0.05) is 22.7 Å². The summed E-state index contributed by atoms with van der Waals surface area (Å²) in [7, 11) is -4.26. The van der Waals surface area contributed by atoms with E-state index in [1.165, 1.54) is 18.3 Å². The molecule has 2 aromatic carbocycles. The lowest BCUT2D eigenvalue weighted by molar-refractivity contribution is 0.570. The number of nitrogens with zero attached hydrogens (tertiary/aromatic N) is 1. The molecule has 0 aliphatic carbocycles. The highest BCUT2D eigenvalue weighted by Gasteiger charge is 2.21. The van der Waals surface area contributed by atoms with Crippen molar-refractivity contribution in [2.24, 2.45) is 0 Å². The third kappa shape index (κ3) is 3.11. The Kier molecular flexibility index (Phi) is 3.91. The minimum Gasteiger partial charge on any atom is -0.277 e. The third-order valence-corrected chi connectivity index (χ3v) is 4.73. The van der Waals surface area contributed by atoms with Crippen molar-refractivity contribution in [1.82, 2.24) is 4.98 Å². The summed E-state index contributed by atoms with van der Waals surface area (Å²) in [5.41, 5.74) is 0.182. The molecule has 1 aromatic heterocycles. The number of rotatable bonds is 3. The van der Waals surface area contributed by atoms with Gasteiger partial charge in [0.05, 0.1) is 11.2 Å². The summed E-state index contributed by atoms with van der Waals surface area (Å²) >= 11 is 5.61. The maximum atomic E-state index is 13.8. The van der Waals surface area contributed by atoms with Crippen molar-refractivity contribution in [2.45, 2.75) is 4.90 Å². The van der Waals surface area contributed by atoms with Gasteiger partial charge in [-0.3, -0.25) is 9.71 Å². The normalized spacial score (nSPS) is 11.6. The van der Waals surface area contributed by atoms with E-state index in [9.17, 15) is 17.2 Å². The highest BCUT2D eigenvalue weighted by atomic mass is 35.5. The molecule has 4 nitrogen and oxygen atoms in total. The highest BCUT2D eigenvalue weighted by Crippen LogP contribution is 2.27. The molecule has 0 saturated heterocycles. The van der Waals surface area contributed by atoms with Crippen LogP contribution in [0.5, 0.6) is 0 Å². The molecule has 3 rings (SSSR count). The third-order valence-electron chi connectivity index (χ3n) is 3.10. The molecule has 118 valence electrons. The van der Waals surface area contributed by atoms with Crippen molar-refractivity contribution in [1.29, 1.82) is 0 Å². The van der Waals surface area contributed by atoms with Crippen LogP contribution in [0.1, 0.15) is 0 Å². The number of hydrogen-bond acceptors (Lipinski definition) is 3. The fourth-order valence-corrected chi connectivity index (χ4v) is 3.40. The van der Waals surface area contributed by atoms with Gasteiger partial charge in [0.1, 0.15) is 16.5 Å². The Hall–Kier alpha value is -2.25. The SMILES string of the molecule is O=S(=O)(Nc1cc(F)cc2cccnc12)c1ccc(Cl)cc1F. The van der Waals surface area contributed by atoms with E-state index in [2.05, 4.69) is 9.71 Å². The fourth-order valence-electron chi connectivity index (χ4n) is 2.13. The molecular formula is C15H9ClF2N2O2S. The van der Waals surface area contributed by atoms with Crippen LogP contribution in [0.4, 0.5) is 14.5 Å². The topological polar surface area (TPSA) is 59.1 Å². The first kappa shape index (κ1) is 15.6. The number of aromatic nitrogens is 1. The zero-order valence-electron chi connectivity index (χ0n) is 11.4. The van der Waals surface area contributed by atoms with E-state index in [4.69, 9.17) is 11.6 Å². The van der Waals surface area contributed by atoms with E-state index in [-0.39, 0.29) is 16.2 Å². The molecule has 0 fully saturated rings. The van der Waals surface area contributed by atoms with Gasteiger partial charge >= 0.3 is 0 Å². The first-order valence-corrected chi connectivity index (χ1v) is 8.25. The van der Waals surface area contributed by atoms with Crippen molar-refractivity contribution in [3.8, 4) is 0 Å². The van der Waals surface area contributed by atoms with Gasteiger partial charge in [-0.2, -0.15) is 0 Å². The molecule has 8 heteroatoms. The number of hydrogen-bond donors (Lipinski definition) is 1. The summed E-state index contributed by atoms with van der Waals surface area (Å²) in [6.45, 7) is 0. The summed E-state index contributed by atoms with van der Waals surface area (Å²) in [4.78, 5) is 3.44. The Morgan fingerprint density at radius 1 is 1.09 bits per heavy atom. The number of halogens is 3. The van der Waals surface area contributed by atoms with Crippen molar-refractivity contribution in [2.75, 3.05) is 4.72 Å². The summed E-state index contributed by atoms with van der Waals surface area (Å²) in [5, 5.41) is 0.487. The van der Waals surface area contributed by atoms with Gasteiger partial charge in [-0.1, -0.05) is 17.7 Å². The quantitative estimate of drug-likeness (QED) is 0.774. The molecule has 0 spiro atoms. The first-order valence-electron chi connectivity index (χ1n) is 6.39. The Morgan fingerprint density at radius 3 is 2.61 bits per heavy atom. The van der Waals surface area contributed by atoms with E-state index in [0.717, 1.165) is 18.2 Å². The van der Waals surface area contributed by atoms with Gasteiger partial charge in [0.15, 0.2) is 0 Å². The Bertz CT molecular complexity index is 1010. The molecule has 1 N–H and O–H groups in total. The van der Waals surface area contributed by atoms with Crippen LogP contribution in [0, 0.1) is 11.6 Å². The Balaban J connectivity index is 2.11. The second kappa shape index (κ2) is 5.75. The van der Waals surface area contributed by atoms with Crippen LogP contribution in [0.3, 0.4) is 0 Å². The zero-order valence-corrected chi connectivity index (χ0v) is 13.0. The lowest BCUT2D eigenvalue weighted by Gasteiger charge is -2.11. The second-order valence-corrected chi connectivity index (χ2v) is 6.80. The monoisotopic (exact) mass is 354 g/mol. The average molecular weight is 355 g/mol. The molecule has 23 heavy (non-hydrogen) atoms. The van der Waals surface area contributed by atoms with Crippen molar-refractivity contribution < 1.29 is 17.2 Å². The predicted molar refractivity (Wildman–Crippen MR) is 83.9 cm³/mol. The highest BCUT2D eigenvalue weighted by molar-refractivity contribution is 7.92. The van der Waals surface area contributed by atoms with Crippen molar-refractivity contribution >= 4 is 38.2 Å². The molecule has 3 aromatic rings. The lowest BCUT2D eigenvalue weighted by Crippen LogP contribution is -2.15. The van der Waals surface area contributed by atoms with E-state index >= 15 is 0 Å². The van der Waals surface area contributed by atoms with Crippen LogP contribution in [-0.2, 0) is 10.0 Å². The van der Waals surface area contributed by atoms with Gasteiger partial charge < -0.3 is 0 Å². The van der Waals surface area contributed by atoms with Crippen LogP contribution >= 0.6 is 11.6 Å². The number of anilines is 1. The molecule has 0 amide bonds. The minimum atomic E-state index is -4.26. The molecule has 1 heterocycles. The number of fused-ring (bicyclic) bond motifs is 1. The largest absolute Gasteiger partial charge is 0.277 e. The standard InChI is InChI=1S/C15H9ClF2N2O2S/c16-10-3-4-14(12(18)7-10)23(21,22)20-13-8-11(17)6-9-2-1-5-19-15(9)13/h1-8,20H. The molecular weight excluding hydrogens is 346 g/mol. The molecule has 0 atom stereocenters. The molecule has 0 bridgehead atoms. The number of sulfonamides is 1. The van der Waals surface area contributed by atoms with Crippen LogP contribution in [-0.4, -0.2) is 13.4 Å². The zero-order chi connectivity index (χ0) is 16.6. The van der Waals surface area contributed by atoms with Crippen LogP contribution in [0.2, 0.25) is 5.02 Å². The first-order chi connectivity index (χ1) is 10.9. The summed E-state index contributed by atoms with van der Waals surface area (Å²) in [5.74, 6) is -1.64. The van der Waals surface area contributed by atoms with E-state index in [0.29, 0.717) is 5.39 Å². The van der Waals surface area contributed by atoms with Gasteiger partial charge in [0.2, 0.25) is 0 Å². The van der Waals surface area contributed by atoms with Gasteiger partial charge in [0.25, 0.3) is 10.0 Å². The minimum absolute atomic E-state index is 0.0688. The van der Waals surface area contributed by atoms with Gasteiger partial charge in [-0.25, -0.2) is 17.2 Å². The molecule has 0 radical (unpaired) electrons. The fraction of sp³-hybridized carbons (Fsp3) is 0. The van der Waals surface area contributed by atoms with Crippen LogP contribution < -0.4 is 4.72 Å². The molecule has 0 saturated carbocycles. The van der Waals surface area contributed by atoms with Gasteiger partial charge in [-0.15, -0.1) is 0 Å². The maximum absolute atomic E-state index is 13.8. The van der Waals surface area contributed by atoms with Crippen molar-refractivity contribution in [3.63, 3.8) is 0 Å². The van der Waals surface area contributed by atoms with Gasteiger partial charge in [-0.05, 0) is 30.3 Å². The summed E-state index contributed by atoms with van der Waals surface area (Å²) in [6.07, 6.45) is 1.45. The number of pyridine rings is 1. The molecule has 0 aliphatic rings.